The van der Waals surface area contributed by atoms with Crippen molar-refractivity contribution >= 4 is 38.9 Å². The Balaban J connectivity index is 1.68. The second kappa shape index (κ2) is 8.24. The topological polar surface area (TPSA) is 33.1 Å². The SMILES string of the molecule is Fc1ccccc1-n1cccc1[C@H]1[C@H](c2ccccn2)NC(=S)N1c1ccc(Br)cc1. The van der Waals surface area contributed by atoms with Crippen LogP contribution < -0.4 is 10.2 Å². The first-order valence-electron chi connectivity index (χ1n) is 9.82. The van der Waals surface area contributed by atoms with Gasteiger partial charge in [-0.15, -0.1) is 0 Å². The molecule has 1 N–H and O–H groups in total. The third-order valence-corrected chi connectivity index (χ3v) is 6.24. The van der Waals surface area contributed by atoms with Gasteiger partial charge >= 0.3 is 0 Å². The van der Waals surface area contributed by atoms with Crippen LogP contribution in [-0.2, 0) is 0 Å². The zero-order valence-corrected chi connectivity index (χ0v) is 18.7. The van der Waals surface area contributed by atoms with Gasteiger partial charge in [-0.3, -0.25) is 4.98 Å². The van der Waals surface area contributed by atoms with Gasteiger partial charge in [-0.1, -0.05) is 34.1 Å². The molecule has 4 nitrogen and oxygen atoms in total. The largest absolute Gasteiger partial charge is 0.351 e. The Labute approximate surface area is 193 Å². The van der Waals surface area contributed by atoms with Gasteiger partial charge in [0, 0.05) is 28.2 Å². The minimum absolute atomic E-state index is 0.197. The van der Waals surface area contributed by atoms with Crippen molar-refractivity contribution in [2.24, 2.45) is 0 Å². The maximum atomic E-state index is 14.7. The van der Waals surface area contributed by atoms with E-state index >= 15 is 0 Å². The van der Waals surface area contributed by atoms with E-state index < -0.39 is 0 Å². The number of rotatable bonds is 4. The lowest BCUT2D eigenvalue weighted by atomic mass is 10.0. The van der Waals surface area contributed by atoms with Crippen LogP contribution in [-0.4, -0.2) is 14.7 Å². The van der Waals surface area contributed by atoms with Gasteiger partial charge in [0.15, 0.2) is 5.11 Å². The van der Waals surface area contributed by atoms with Crippen molar-refractivity contribution in [3.05, 3.63) is 113 Å². The Bertz CT molecular complexity index is 1230. The third kappa shape index (κ3) is 3.64. The number of halogens is 2. The van der Waals surface area contributed by atoms with E-state index in [1.54, 1.807) is 18.3 Å². The fourth-order valence-corrected chi connectivity index (χ4v) is 4.65. The summed E-state index contributed by atoms with van der Waals surface area (Å²) in [6, 6.07) is 24.1. The molecule has 3 heterocycles. The number of hydrogen-bond acceptors (Lipinski definition) is 2. The summed E-state index contributed by atoms with van der Waals surface area (Å²) in [7, 11) is 0. The van der Waals surface area contributed by atoms with Crippen LogP contribution >= 0.6 is 28.1 Å². The molecular weight excluding hydrogens is 475 g/mol. The number of nitrogens with one attached hydrogen (secondary N) is 1. The number of para-hydroxylation sites is 1. The number of pyridine rings is 1. The van der Waals surface area contributed by atoms with Gasteiger partial charge in [-0.2, -0.15) is 0 Å². The van der Waals surface area contributed by atoms with Gasteiger partial charge < -0.3 is 14.8 Å². The molecule has 0 saturated carbocycles. The number of nitrogens with zero attached hydrogens (tertiary/aromatic N) is 3. The van der Waals surface area contributed by atoms with E-state index in [9.17, 15) is 4.39 Å². The molecule has 0 amide bonds. The summed E-state index contributed by atoms with van der Waals surface area (Å²) in [5.41, 5.74) is 3.23. The Morgan fingerprint density at radius 2 is 1.71 bits per heavy atom. The predicted octanol–water partition coefficient (Wildman–Crippen LogP) is 5.95. The maximum absolute atomic E-state index is 14.7. The number of benzene rings is 2. The number of anilines is 1. The zero-order chi connectivity index (χ0) is 21.4. The first-order chi connectivity index (χ1) is 15.1. The molecule has 1 aliphatic heterocycles. The van der Waals surface area contributed by atoms with E-state index in [0.29, 0.717) is 10.8 Å². The molecule has 2 aromatic carbocycles. The fourth-order valence-electron chi connectivity index (χ4n) is 4.04. The van der Waals surface area contributed by atoms with Crippen molar-refractivity contribution in [1.29, 1.82) is 0 Å². The maximum Gasteiger partial charge on any atom is 0.174 e. The highest BCUT2D eigenvalue weighted by molar-refractivity contribution is 9.10. The summed E-state index contributed by atoms with van der Waals surface area (Å²) >= 11 is 9.26. The molecule has 1 saturated heterocycles. The van der Waals surface area contributed by atoms with Crippen molar-refractivity contribution in [2.45, 2.75) is 12.1 Å². The summed E-state index contributed by atoms with van der Waals surface area (Å²) in [5.74, 6) is -0.280. The van der Waals surface area contributed by atoms with E-state index in [0.717, 1.165) is 21.5 Å². The van der Waals surface area contributed by atoms with Crippen molar-refractivity contribution in [3.63, 3.8) is 0 Å². The lowest BCUT2D eigenvalue weighted by Gasteiger charge is -2.29. The van der Waals surface area contributed by atoms with Crippen molar-refractivity contribution in [3.8, 4) is 5.69 Å². The highest BCUT2D eigenvalue weighted by Crippen LogP contribution is 2.42. The van der Waals surface area contributed by atoms with Gasteiger partial charge in [-0.05, 0) is 72.9 Å². The summed E-state index contributed by atoms with van der Waals surface area (Å²) in [4.78, 5) is 6.66. The number of hydrogen-bond donors (Lipinski definition) is 1. The van der Waals surface area contributed by atoms with Gasteiger partial charge in [0.2, 0.25) is 0 Å². The minimum atomic E-state index is -0.280. The van der Waals surface area contributed by atoms with E-state index in [1.807, 2.05) is 71.4 Å². The molecule has 4 aromatic rings. The van der Waals surface area contributed by atoms with Crippen molar-refractivity contribution in [2.75, 3.05) is 4.90 Å². The Morgan fingerprint density at radius 1 is 0.935 bits per heavy atom. The van der Waals surface area contributed by atoms with Gasteiger partial charge in [0.05, 0.1) is 17.4 Å². The number of aromatic nitrogens is 2. The smallest absolute Gasteiger partial charge is 0.174 e. The molecule has 154 valence electrons. The second-order valence-corrected chi connectivity index (χ2v) is 8.53. The molecule has 0 unspecified atom stereocenters. The van der Waals surface area contributed by atoms with Crippen molar-refractivity contribution < 1.29 is 4.39 Å². The second-order valence-electron chi connectivity index (χ2n) is 7.23. The lowest BCUT2D eigenvalue weighted by Crippen LogP contribution is -2.30. The lowest BCUT2D eigenvalue weighted by molar-refractivity contribution is 0.544. The van der Waals surface area contributed by atoms with Crippen molar-refractivity contribution in [1.82, 2.24) is 14.9 Å². The zero-order valence-electron chi connectivity index (χ0n) is 16.3. The standard InChI is InChI=1S/C24H18BrFN4S/c25-16-10-12-17(13-11-16)30-23(22(28-24(30)31)19-7-3-4-14-27-19)21-9-5-15-29(21)20-8-2-1-6-18(20)26/h1-15,22-23H,(H,28,31)/t22-,23-/m0/s1. The summed E-state index contributed by atoms with van der Waals surface area (Å²) in [6.45, 7) is 0. The molecule has 1 fully saturated rings. The molecule has 2 aromatic heterocycles. The van der Waals surface area contributed by atoms with E-state index in [2.05, 4.69) is 31.1 Å². The average Bonchev–Trinajstić information content (AvgIpc) is 3.39. The molecule has 31 heavy (non-hydrogen) atoms. The molecule has 0 aliphatic carbocycles. The van der Waals surface area contributed by atoms with Crippen LogP contribution in [0.1, 0.15) is 23.5 Å². The molecule has 5 rings (SSSR count). The third-order valence-electron chi connectivity index (χ3n) is 5.40. The Hall–Kier alpha value is -3.03. The van der Waals surface area contributed by atoms with Crippen LogP contribution in [0.3, 0.4) is 0 Å². The van der Waals surface area contributed by atoms with Crippen LogP contribution in [0.2, 0.25) is 0 Å². The van der Waals surface area contributed by atoms with Gasteiger partial charge in [0.1, 0.15) is 11.9 Å². The summed E-state index contributed by atoms with van der Waals surface area (Å²) in [5, 5.41) is 4.04. The summed E-state index contributed by atoms with van der Waals surface area (Å²) in [6.07, 6.45) is 3.65. The molecule has 0 spiro atoms. The first kappa shape index (κ1) is 19.9. The van der Waals surface area contributed by atoms with E-state index in [-0.39, 0.29) is 17.9 Å². The Kier molecular flexibility index (Phi) is 5.29. The minimum Gasteiger partial charge on any atom is -0.351 e. The monoisotopic (exact) mass is 492 g/mol. The predicted molar refractivity (Wildman–Crippen MR) is 128 cm³/mol. The summed E-state index contributed by atoms with van der Waals surface area (Å²) < 4.78 is 17.6. The molecule has 0 radical (unpaired) electrons. The highest BCUT2D eigenvalue weighted by atomic mass is 79.9. The quantitative estimate of drug-likeness (QED) is 0.356. The van der Waals surface area contributed by atoms with Crippen LogP contribution in [0.4, 0.5) is 10.1 Å². The normalized spacial score (nSPS) is 18.3. The van der Waals surface area contributed by atoms with Crippen LogP contribution in [0.5, 0.6) is 0 Å². The number of thiocarbonyl (C=S) groups is 1. The van der Waals surface area contributed by atoms with Crippen LogP contribution in [0.25, 0.3) is 5.69 Å². The van der Waals surface area contributed by atoms with E-state index in [4.69, 9.17) is 12.2 Å². The fraction of sp³-hybridized carbons (Fsp3) is 0.0833. The molecule has 0 bridgehead atoms. The molecule has 7 heteroatoms. The van der Waals surface area contributed by atoms with Gasteiger partial charge in [0.25, 0.3) is 0 Å². The molecular formula is C24H18BrFN4S. The molecule has 2 atom stereocenters. The van der Waals surface area contributed by atoms with Crippen LogP contribution in [0.15, 0.2) is 95.7 Å². The highest BCUT2D eigenvalue weighted by Gasteiger charge is 2.42. The van der Waals surface area contributed by atoms with E-state index in [1.165, 1.54) is 6.07 Å². The Morgan fingerprint density at radius 3 is 2.45 bits per heavy atom. The average molecular weight is 493 g/mol. The molecule has 1 aliphatic rings. The van der Waals surface area contributed by atoms with Crippen LogP contribution in [0, 0.1) is 5.82 Å². The van der Waals surface area contributed by atoms with Gasteiger partial charge in [-0.25, -0.2) is 4.39 Å². The first-order valence-corrected chi connectivity index (χ1v) is 11.0.